The van der Waals surface area contributed by atoms with Crippen molar-refractivity contribution in [1.82, 2.24) is 31.7 Å². The summed E-state index contributed by atoms with van der Waals surface area (Å²) in [7, 11) is -2.37. The molecule has 276 valence electrons. The number of rotatable bonds is 11. The summed E-state index contributed by atoms with van der Waals surface area (Å²) >= 11 is 1.39. The summed E-state index contributed by atoms with van der Waals surface area (Å²) in [5.74, 6) is -1.49. The van der Waals surface area contributed by atoms with E-state index in [0.29, 0.717) is 38.8 Å². The minimum Gasteiger partial charge on any atom is -0.375 e. The molecule has 3 heterocycles. The third-order valence-electron chi connectivity index (χ3n) is 11.4. The number of hydrazine groups is 1. The minimum absolute atomic E-state index is 0.0354. The molecule has 12 unspecified atom stereocenters. The Bertz CT molecular complexity index is 1250. The first-order valence-corrected chi connectivity index (χ1v) is 19.8. The third-order valence-corrected chi connectivity index (χ3v) is 15.9. The van der Waals surface area contributed by atoms with Gasteiger partial charge in [-0.2, -0.15) is 0 Å². The van der Waals surface area contributed by atoms with Crippen molar-refractivity contribution in [2.75, 3.05) is 20.2 Å². The number of likely N-dealkylation sites (tertiary alicyclic amines) is 1. The van der Waals surface area contributed by atoms with Crippen LogP contribution in [0.3, 0.4) is 0 Å². The van der Waals surface area contributed by atoms with Gasteiger partial charge in [0.2, 0.25) is 11.9 Å². The number of amides is 1. The van der Waals surface area contributed by atoms with E-state index >= 15 is 8.78 Å². The second-order valence-corrected chi connectivity index (χ2v) is 19.0. The largest absolute Gasteiger partial charge is 0.375 e. The number of halogens is 2. The van der Waals surface area contributed by atoms with Crippen LogP contribution >= 0.6 is 11.8 Å². The minimum atomic E-state index is -4.03. The summed E-state index contributed by atoms with van der Waals surface area (Å²) in [5.41, 5.74) is 11.7. The van der Waals surface area contributed by atoms with Crippen LogP contribution in [-0.4, -0.2) is 114 Å². The Hall–Kier alpha value is -1.25. The van der Waals surface area contributed by atoms with E-state index in [-0.39, 0.29) is 68.2 Å². The lowest BCUT2D eigenvalue weighted by Crippen LogP contribution is -2.75. The zero-order valence-corrected chi connectivity index (χ0v) is 29.9. The topological polar surface area (TPSA) is 193 Å². The fourth-order valence-electron chi connectivity index (χ4n) is 8.43. The van der Waals surface area contributed by atoms with Gasteiger partial charge in [-0.15, -0.1) is 11.8 Å². The molecule has 5 fully saturated rings. The molecule has 0 aromatic carbocycles. The number of nitrogens with two attached hydrogens (primary N) is 1. The molecule has 5 rings (SSSR count). The van der Waals surface area contributed by atoms with E-state index in [1.807, 2.05) is 0 Å². The van der Waals surface area contributed by atoms with Gasteiger partial charge < -0.3 is 10.5 Å². The second-order valence-electron chi connectivity index (χ2n) is 14.8. The molecule has 0 aromatic rings. The van der Waals surface area contributed by atoms with E-state index in [9.17, 15) is 23.3 Å². The molecule has 2 saturated carbocycles. The summed E-state index contributed by atoms with van der Waals surface area (Å²) in [6, 6.07) is -1.15. The fourth-order valence-corrected chi connectivity index (χ4v) is 12.2. The van der Waals surface area contributed by atoms with Crippen LogP contribution < -0.4 is 32.5 Å². The predicted molar refractivity (Wildman–Crippen MR) is 179 cm³/mol. The average Bonchev–Trinajstić information content (AvgIpc) is 3.45. The van der Waals surface area contributed by atoms with Crippen molar-refractivity contribution in [3.63, 3.8) is 0 Å². The van der Waals surface area contributed by atoms with Gasteiger partial charge in [0.1, 0.15) is 17.8 Å². The van der Waals surface area contributed by atoms with Crippen LogP contribution in [0, 0.1) is 22.0 Å². The number of hydrogen-bond acceptors (Lipinski definition) is 13. The van der Waals surface area contributed by atoms with Gasteiger partial charge >= 0.3 is 0 Å². The molecule has 2 aliphatic carbocycles. The normalized spacial score (nSPS) is 40.9. The van der Waals surface area contributed by atoms with E-state index in [2.05, 4.69) is 38.6 Å². The number of nitrogens with zero attached hydrogens (tertiary/aromatic N) is 2. The lowest BCUT2D eigenvalue weighted by atomic mass is 9.77. The smallest absolute Gasteiger partial charge is 0.244 e. The molecule has 0 spiro atoms. The van der Waals surface area contributed by atoms with Crippen molar-refractivity contribution in [3.8, 4) is 0 Å². The van der Waals surface area contributed by atoms with Gasteiger partial charge in [0.15, 0.2) is 16.0 Å². The number of thioether (sulfide) groups is 1. The molecule has 14 nitrogen and oxygen atoms in total. The standard InChI is InChI=1S/C30H54F2N8O6S2/c1-16-14-23(38-37-16)34-27-25(46-4)28(39-12-10-17(11-13-39)26(33)41)36-29(35-27)47-22-9-8-18(15-20(22)31)48(44,45)30(2,3)19-6-5-7-21(24(19)32)40(42)43/h16-25,27-29,34-38H,5-15H2,1-4H3,(H2,33,41). The number of carbonyl (C=O) groups excluding carboxylic acids is 1. The Morgan fingerprint density at radius 3 is 2.38 bits per heavy atom. The lowest BCUT2D eigenvalue weighted by Gasteiger charge is -2.50. The fraction of sp³-hybridized carbons (Fsp3) is 0.967. The summed E-state index contributed by atoms with van der Waals surface area (Å²) in [6.45, 7) is 6.27. The molecule has 0 bridgehead atoms. The molecular formula is C30H54F2N8O6S2. The highest BCUT2D eigenvalue weighted by Crippen LogP contribution is 2.45. The van der Waals surface area contributed by atoms with Crippen molar-refractivity contribution >= 4 is 27.5 Å². The molecule has 0 aromatic heterocycles. The van der Waals surface area contributed by atoms with Gasteiger partial charge in [0.25, 0.3) is 0 Å². The summed E-state index contributed by atoms with van der Waals surface area (Å²) < 4.78 is 63.7. The van der Waals surface area contributed by atoms with E-state index in [0.717, 1.165) is 6.42 Å². The van der Waals surface area contributed by atoms with Crippen LogP contribution in [-0.2, 0) is 19.4 Å². The lowest BCUT2D eigenvalue weighted by molar-refractivity contribution is -0.536. The molecule has 0 radical (unpaired) electrons. The molecule has 3 aliphatic heterocycles. The maximum atomic E-state index is 16.0. The SMILES string of the molecule is COC1C(NC2CC(C)NN2)NC(SC2CCC(S(=O)(=O)C(C)(C)C3CCCC([N+](=O)[O-])C3F)CC2F)NC1N1CCC(C(N)=O)CC1. The maximum absolute atomic E-state index is 16.0. The van der Waals surface area contributed by atoms with Gasteiger partial charge in [0, 0.05) is 54.7 Å². The number of nitrogens with one attached hydrogen (secondary N) is 5. The number of nitro groups is 1. The first-order valence-electron chi connectivity index (χ1n) is 17.3. The Morgan fingerprint density at radius 2 is 1.79 bits per heavy atom. The summed E-state index contributed by atoms with van der Waals surface area (Å²) in [4.78, 5) is 24.9. The van der Waals surface area contributed by atoms with Crippen LogP contribution in [0.25, 0.3) is 0 Å². The van der Waals surface area contributed by atoms with Gasteiger partial charge in [-0.1, -0.05) is 0 Å². The van der Waals surface area contributed by atoms with E-state index in [1.54, 1.807) is 7.11 Å². The van der Waals surface area contributed by atoms with Gasteiger partial charge in [-0.05, 0) is 72.1 Å². The summed E-state index contributed by atoms with van der Waals surface area (Å²) in [5, 5.41) is 20.7. The van der Waals surface area contributed by atoms with Crippen molar-refractivity contribution in [2.45, 2.75) is 148 Å². The van der Waals surface area contributed by atoms with E-state index < -0.39 is 59.8 Å². The Balaban J connectivity index is 1.26. The van der Waals surface area contributed by atoms with Crippen LogP contribution in [0.2, 0.25) is 0 Å². The molecule has 48 heavy (non-hydrogen) atoms. The monoisotopic (exact) mass is 724 g/mol. The number of sulfone groups is 1. The Labute approximate surface area is 286 Å². The first-order chi connectivity index (χ1) is 22.6. The number of piperidine rings is 1. The highest BCUT2D eigenvalue weighted by atomic mass is 32.2. The van der Waals surface area contributed by atoms with Gasteiger partial charge in [-0.25, -0.2) is 22.6 Å². The zero-order chi connectivity index (χ0) is 35.0. The first kappa shape index (κ1) is 38.0. The number of methoxy groups -OCH3 is 1. The van der Waals surface area contributed by atoms with Crippen LogP contribution in [0.5, 0.6) is 0 Å². The van der Waals surface area contributed by atoms with Gasteiger partial charge in [0.05, 0.1) is 28.5 Å². The van der Waals surface area contributed by atoms with Crippen LogP contribution in [0.4, 0.5) is 8.78 Å². The van der Waals surface area contributed by atoms with Crippen molar-refractivity contribution in [3.05, 3.63) is 10.1 Å². The Morgan fingerprint density at radius 1 is 1.08 bits per heavy atom. The van der Waals surface area contributed by atoms with Gasteiger partial charge in [-0.3, -0.25) is 41.2 Å². The Kier molecular flexibility index (Phi) is 12.3. The van der Waals surface area contributed by atoms with Crippen molar-refractivity contribution in [2.24, 2.45) is 17.6 Å². The van der Waals surface area contributed by atoms with Crippen molar-refractivity contribution in [1.29, 1.82) is 0 Å². The average molecular weight is 725 g/mol. The number of hydrogen-bond donors (Lipinski definition) is 6. The molecule has 18 heteroatoms. The molecule has 5 aliphatic rings. The van der Waals surface area contributed by atoms with Crippen molar-refractivity contribution < 1.29 is 31.7 Å². The zero-order valence-electron chi connectivity index (χ0n) is 28.3. The van der Waals surface area contributed by atoms with Crippen LogP contribution in [0.15, 0.2) is 0 Å². The second kappa shape index (κ2) is 15.6. The molecule has 1 amide bonds. The van der Waals surface area contributed by atoms with E-state index in [4.69, 9.17) is 10.5 Å². The molecule has 7 N–H and O–H groups in total. The maximum Gasteiger partial charge on any atom is 0.244 e. The highest BCUT2D eigenvalue weighted by molar-refractivity contribution is 8.00. The number of primary amides is 1. The van der Waals surface area contributed by atoms with Crippen LogP contribution in [0.1, 0.15) is 78.6 Å². The van der Waals surface area contributed by atoms with E-state index in [1.165, 1.54) is 25.6 Å². The molecule has 3 saturated heterocycles. The highest BCUT2D eigenvalue weighted by Gasteiger charge is 2.55. The number of ether oxygens (including phenoxy) is 1. The third kappa shape index (κ3) is 7.96. The molecule has 12 atom stereocenters. The summed E-state index contributed by atoms with van der Waals surface area (Å²) in [6.07, 6.45) is -1.11. The predicted octanol–water partition coefficient (Wildman–Crippen LogP) is 1.10. The number of alkyl halides is 2. The quantitative estimate of drug-likeness (QED) is 0.131. The molecular weight excluding hydrogens is 671 g/mol. The number of carbonyl (C=O) groups is 1.